The second kappa shape index (κ2) is 7.33. The number of aliphatic imine (C=N–C) groups is 2. The number of ether oxygens (including phenoxy) is 1. The Labute approximate surface area is 170 Å². The summed E-state index contributed by atoms with van der Waals surface area (Å²) >= 11 is 6.37. The Hall–Kier alpha value is -3.78. The zero-order valence-electron chi connectivity index (χ0n) is 15.1. The molecule has 0 bridgehead atoms. The maximum atomic E-state index is 12.3. The first kappa shape index (κ1) is 18.6. The number of hydrogen-bond donors (Lipinski definition) is 0. The lowest BCUT2D eigenvalue weighted by Crippen LogP contribution is -2.30. The highest BCUT2D eigenvalue weighted by Crippen LogP contribution is 2.37. The summed E-state index contributed by atoms with van der Waals surface area (Å²) < 4.78 is 4.88. The van der Waals surface area contributed by atoms with Gasteiger partial charge in [-0.2, -0.15) is 0 Å². The quantitative estimate of drug-likeness (QED) is 0.436. The van der Waals surface area contributed by atoms with E-state index in [-0.39, 0.29) is 11.4 Å². The lowest BCUT2D eigenvalue weighted by atomic mass is 9.99. The number of allylic oxidation sites excluding steroid dienone is 1. The maximum Gasteiger partial charge on any atom is 0.355 e. The van der Waals surface area contributed by atoms with Gasteiger partial charge in [0.25, 0.3) is 5.69 Å². The van der Waals surface area contributed by atoms with Gasteiger partial charge in [0.15, 0.2) is 5.82 Å². The van der Waals surface area contributed by atoms with Crippen molar-refractivity contribution in [2.24, 2.45) is 9.98 Å². The molecule has 2 heterocycles. The Morgan fingerprint density at radius 3 is 2.72 bits per heavy atom. The molecule has 0 unspecified atom stereocenters. The number of non-ortho nitro benzene ring substituents is 1. The summed E-state index contributed by atoms with van der Waals surface area (Å²) in [5.74, 6) is -0.211. The van der Waals surface area contributed by atoms with Crippen LogP contribution in [0, 0.1) is 10.1 Å². The van der Waals surface area contributed by atoms with Gasteiger partial charge in [0.05, 0.1) is 29.6 Å². The number of benzene rings is 2. The van der Waals surface area contributed by atoms with Crippen LogP contribution in [0.25, 0.3) is 0 Å². The smallest absolute Gasteiger partial charge is 0.355 e. The van der Waals surface area contributed by atoms with E-state index in [2.05, 4.69) is 9.98 Å². The highest BCUT2D eigenvalue weighted by molar-refractivity contribution is 6.36. The third-order valence-electron chi connectivity index (χ3n) is 4.43. The van der Waals surface area contributed by atoms with E-state index in [1.807, 2.05) is 0 Å². The van der Waals surface area contributed by atoms with Crippen molar-refractivity contribution in [1.82, 2.24) is 0 Å². The average Bonchev–Trinajstić information content (AvgIpc) is 2.90. The van der Waals surface area contributed by atoms with Crippen LogP contribution in [-0.2, 0) is 9.53 Å². The van der Waals surface area contributed by atoms with Crippen molar-refractivity contribution in [2.45, 2.75) is 0 Å². The van der Waals surface area contributed by atoms with Crippen LogP contribution in [0.5, 0.6) is 0 Å². The third-order valence-corrected chi connectivity index (χ3v) is 4.76. The summed E-state index contributed by atoms with van der Waals surface area (Å²) in [7, 11) is 1.28. The number of nitro benzene ring substituents is 1. The molecule has 0 saturated carbocycles. The molecule has 2 aromatic carbocycles. The summed E-state index contributed by atoms with van der Waals surface area (Å²) in [5.41, 5.74) is 2.04. The lowest BCUT2D eigenvalue weighted by Gasteiger charge is -2.28. The predicted octanol–water partition coefficient (Wildman–Crippen LogP) is 3.85. The highest BCUT2D eigenvalue weighted by Gasteiger charge is 2.31. The van der Waals surface area contributed by atoms with Crippen LogP contribution in [-0.4, -0.2) is 29.9 Å². The molecule has 0 spiro atoms. The minimum Gasteiger partial charge on any atom is -0.464 e. The van der Waals surface area contributed by atoms with Gasteiger partial charge in [-0.25, -0.2) is 9.79 Å². The lowest BCUT2D eigenvalue weighted by molar-refractivity contribution is -0.384. The molecule has 9 heteroatoms. The van der Waals surface area contributed by atoms with Gasteiger partial charge in [0, 0.05) is 34.5 Å². The number of halogens is 1. The van der Waals surface area contributed by atoms with Crippen LogP contribution in [0.3, 0.4) is 0 Å². The van der Waals surface area contributed by atoms with Crippen molar-refractivity contribution in [3.05, 3.63) is 92.5 Å². The monoisotopic (exact) mass is 408 g/mol. The molecule has 2 aliphatic heterocycles. The Morgan fingerprint density at radius 2 is 2.00 bits per heavy atom. The van der Waals surface area contributed by atoms with E-state index in [1.54, 1.807) is 35.2 Å². The molecule has 2 aliphatic rings. The normalized spacial score (nSPS) is 14.7. The van der Waals surface area contributed by atoms with E-state index in [0.717, 1.165) is 0 Å². The highest BCUT2D eigenvalue weighted by atomic mass is 35.5. The summed E-state index contributed by atoms with van der Waals surface area (Å²) in [5, 5.41) is 11.8. The molecule has 2 aromatic rings. The number of carbonyl (C=O) groups excluding carboxylic acids is 1. The fourth-order valence-corrected chi connectivity index (χ4v) is 3.36. The van der Waals surface area contributed by atoms with Crippen molar-refractivity contribution in [2.75, 3.05) is 12.0 Å². The fraction of sp³-hybridized carbons (Fsp3) is 0.0500. The van der Waals surface area contributed by atoms with Gasteiger partial charge >= 0.3 is 5.97 Å². The molecular weight excluding hydrogens is 396 g/mol. The molecule has 4 rings (SSSR count). The Bertz CT molecular complexity index is 1170. The van der Waals surface area contributed by atoms with Crippen LogP contribution in [0.4, 0.5) is 11.4 Å². The van der Waals surface area contributed by atoms with Gasteiger partial charge in [-0.1, -0.05) is 29.8 Å². The number of fused-ring (bicyclic) bond motifs is 3. The Morgan fingerprint density at radius 1 is 1.21 bits per heavy atom. The number of nitrogens with zero attached hydrogens (tertiary/aromatic N) is 4. The molecule has 0 aliphatic carbocycles. The van der Waals surface area contributed by atoms with Crippen LogP contribution in [0.2, 0.25) is 5.02 Å². The molecule has 0 aromatic heterocycles. The van der Waals surface area contributed by atoms with Gasteiger partial charge < -0.3 is 4.74 Å². The number of rotatable bonds is 3. The number of carbonyl (C=O) groups is 1. The molecule has 0 fully saturated rings. The summed E-state index contributed by atoms with van der Waals surface area (Å²) in [6.07, 6.45) is 4.46. The first-order valence-electron chi connectivity index (χ1n) is 8.45. The molecule has 144 valence electrons. The standard InChI is InChI=1S/C20H13ClN4O4/c1-29-20(26)17-8-9-22-18-11-23-19(13-4-2-3-5-15(13)21)14-10-12(25(27)28)6-7-16(14)24(17)18/h2-11H,1H3. The summed E-state index contributed by atoms with van der Waals surface area (Å²) in [6.45, 7) is 0. The number of hydrogen-bond acceptors (Lipinski definition) is 7. The van der Waals surface area contributed by atoms with Crippen molar-refractivity contribution in [1.29, 1.82) is 0 Å². The van der Waals surface area contributed by atoms with Crippen LogP contribution in [0.1, 0.15) is 11.1 Å². The van der Waals surface area contributed by atoms with Crippen LogP contribution < -0.4 is 4.90 Å². The third kappa shape index (κ3) is 3.19. The zero-order valence-corrected chi connectivity index (χ0v) is 15.8. The first-order chi connectivity index (χ1) is 14.0. The van der Waals surface area contributed by atoms with Crippen molar-refractivity contribution in [3.8, 4) is 0 Å². The predicted molar refractivity (Wildman–Crippen MR) is 109 cm³/mol. The van der Waals surface area contributed by atoms with Gasteiger partial charge in [0.2, 0.25) is 0 Å². The van der Waals surface area contributed by atoms with E-state index in [1.165, 1.54) is 37.7 Å². The minimum atomic E-state index is -0.576. The van der Waals surface area contributed by atoms with Crippen molar-refractivity contribution >= 4 is 40.9 Å². The van der Waals surface area contributed by atoms with Crippen molar-refractivity contribution in [3.63, 3.8) is 0 Å². The van der Waals surface area contributed by atoms with Gasteiger partial charge in [-0.3, -0.25) is 20.0 Å². The Kier molecular flexibility index (Phi) is 4.69. The molecule has 0 radical (unpaired) electrons. The minimum absolute atomic E-state index is 0.115. The molecule has 0 N–H and O–H groups in total. The molecule has 0 amide bonds. The van der Waals surface area contributed by atoms with E-state index >= 15 is 0 Å². The van der Waals surface area contributed by atoms with E-state index in [0.29, 0.717) is 33.4 Å². The number of esters is 1. The number of anilines is 1. The van der Waals surface area contributed by atoms with Crippen molar-refractivity contribution < 1.29 is 14.5 Å². The second-order valence-electron chi connectivity index (χ2n) is 6.06. The molecule has 0 atom stereocenters. The molecular formula is C20H13ClN4O4. The van der Waals surface area contributed by atoms with E-state index in [4.69, 9.17) is 16.3 Å². The van der Waals surface area contributed by atoms with Crippen LogP contribution >= 0.6 is 11.6 Å². The summed E-state index contributed by atoms with van der Waals surface area (Å²) in [6, 6.07) is 11.4. The SMILES string of the molecule is COC(=O)C1=CC=NC2=CN=C(c3ccccc3Cl)c3cc([N+](=O)[O-])ccc3N21. The van der Waals surface area contributed by atoms with E-state index in [9.17, 15) is 14.9 Å². The van der Waals surface area contributed by atoms with Gasteiger partial charge in [-0.15, -0.1) is 0 Å². The average molecular weight is 409 g/mol. The number of nitro groups is 1. The first-order valence-corrected chi connectivity index (χ1v) is 8.83. The van der Waals surface area contributed by atoms with Gasteiger partial charge in [-0.05, 0) is 18.2 Å². The molecule has 8 nitrogen and oxygen atoms in total. The maximum absolute atomic E-state index is 12.3. The molecule has 0 saturated heterocycles. The zero-order chi connectivity index (χ0) is 20.5. The van der Waals surface area contributed by atoms with Crippen LogP contribution in [0.15, 0.2) is 76.2 Å². The van der Waals surface area contributed by atoms with Gasteiger partial charge in [0.1, 0.15) is 5.70 Å². The molecule has 29 heavy (non-hydrogen) atoms. The Balaban J connectivity index is 2.00. The number of methoxy groups -OCH3 is 1. The van der Waals surface area contributed by atoms with E-state index < -0.39 is 10.9 Å². The summed E-state index contributed by atoms with van der Waals surface area (Å²) in [4.78, 5) is 33.6. The topological polar surface area (TPSA) is 97.4 Å². The fourth-order valence-electron chi connectivity index (χ4n) is 3.13. The largest absolute Gasteiger partial charge is 0.464 e. The second-order valence-corrected chi connectivity index (χ2v) is 6.47.